The Labute approximate surface area is 124 Å². The van der Waals surface area contributed by atoms with Gasteiger partial charge in [0.15, 0.2) is 0 Å². The van der Waals surface area contributed by atoms with Gasteiger partial charge in [-0.25, -0.2) is 0 Å². The van der Waals surface area contributed by atoms with E-state index in [0.717, 1.165) is 24.5 Å². The van der Waals surface area contributed by atoms with Crippen LogP contribution in [0.3, 0.4) is 0 Å². The summed E-state index contributed by atoms with van der Waals surface area (Å²) in [5.74, 6) is 1.43. The number of amidine groups is 1. The normalized spacial score (nSPS) is 20.6. The number of halogens is 2. The van der Waals surface area contributed by atoms with E-state index in [1.54, 1.807) is 6.07 Å². The first-order valence-electron chi connectivity index (χ1n) is 6.46. The van der Waals surface area contributed by atoms with Crippen molar-refractivity contribution in [2.45, 2.75) is 20.0 Å². The maximum Gasteiger partial charge on any atom is 0.139 e. The van der Waals surface area contributed by atoms with Gasteiger partial charge in [0, 0.05) is 19.7 Å². The van der Waals surface area contributed by atoms with Crippen molar-refractivity contribution in [3.05, 3.63) is 33.8 Å². The van der Waals surface area contributed by atoms with Crippen molar-refractivity contribution in [3.63, 3.8) is 0 Å². The smallest absolute Gasteiger partial charge is 0.139 e. The van der Waals surface area contributed by atoms with Gasteiger partial charge in [-0.3, -0.25) is 4.99 Å². The van der Waals surface area contributed by atoms with E-state index in [-0.39, 0.29) is 6.10 Å². The number of hydrogen-bond donors (Lipinski definition) is 1. The molecule has 1 aliphatic heterocycles. The van der Waals surface area contributed by atoms with E-state index in [9.17, 15) is 0 Å². The highest BCUT2D eigenvalue weighted by Gasteiger charge is 2.22. The largest absolute Gasteiger partial charge is 0.371 e. The van der Waals surface area contributed by atoms with Crippen LogP contribution in [0.2, 0.25) is 10.0 Å². The van der Waals surface area contributed by atoms with Crippen molar-refractivity contribution in [1.82, 2.24) is 5.32 Å². The van der Waals surface area contributed by atoms with Gasteiger partial charge in [-0.1, -0.05) is 36.2 Å². The third kappa shape index (κ3) is 3.62. The lowest BCUT2D eigenvalue weighted by atomic mass is 10.1. The van der Waals surface area contributed by atoms with Crippen LogP contribution in [0.15, 0.2) is 23.2 Å². The average Bonchev–Trinajstić information content (AvgIpc) is 2.41. The Morgan fingerprint density at radius 2 is 2.21 bits per heavy atom. The Bertz CT molecular complexity index is 477. The molecule has 0 amide bonds. The summed E-state index contributed by atoms with van der Waals surface area (Å²) in [4.78, 5) is 4.56. The van der Waals surface area contributed by atoms with E-state index in [0.29, 0.717) is 22.6 Å². The number of aliphatic imine (C=N–C) groups is 1. The molecule has 1 aliphatic rings. The van der Waals surface area contributed by atoms with Crippen molar-refractivity contribution in [2.24, 2.45) is 10.9 Å². The molecule has 0 aliphatic carbocycles. The van der Waals surface area contributed by atoms with Gasteiger partial charge < -0.3 is 10.1 Å². The minimum atomic E-state index is -0.202. The first-order chi connectivity index (χ1) is 9.11. The maximum absolute atomic E-state index is 6.07. The number of benzene rings is 1. The SMILES string of the molecule is CCO[C@H](C1=NC[C@H](C)CN1)c1ccc(Cl)c(Cl)c1. The Balaban J connectivity index is 2.26. The molecule has 2 rings (SSSR count). The third-order valence-corrected chi connectivity index (χ3v) is 3.77. The van der Waals surface area contributed by atoms with Crippen LogP contribution in [0, 0.1) is 5.92 Å². The first kappa shape index (κ1) is 14.6. The van der Waals surface area contributed by atoms with Crippen molar-refractivity contribution < 1.29 is 4.74 Å². The zero-order valence-corrected chi connectivity index (χ0v) is 12.6. The summed E-state index contributed by atoms with van der Waals surface area (Å²) >= 11 is 12.0. The second kappa shape index (κ2) is 6.60. The number of hydrogen-bond acceptors (Lipinski definition) is 3. The topological polar surface area (TPSA) is 33.6 Å². The predicted octanol–water partition coefficient (Wildman–Crippen LogP) is 3.71. The lowest BCUT2D eigenvalue weighted by Crippen LogP contribution is -2.39. The second-order valence-electron chi connectivity index (χ2n) is 4.72. The number of nitrogens with one attached hydrogen (secondary N) is 1. The van der Waals surface area contributed by atoms with Crippen LogP contribution in [0.4, 0.5) is 0 Å². The van der Waals surface area contributed by atoms with Gasteiger partial charge in [0.2, 0.25) is 0 Å². The molecule has 0 saturated carbocycles. The van der Waals surface area contributed by atoms with Gasteiger partial charge in [-0.2, -0.15) is 0 Å². The molecular formula is C14H18Cl2N2O. The molecule has 0 fully saturated rings. The summed E-state index contributed by atoms with van der Waals surface area (Å²) in [5.41, 5.74) is 0.969. The molecule has 1 aromatic rings. The lowest BCUT2D eigenvalue weighted by molar-refractivity contribution is 0.106. The van der Waals surface area contributed by atoms with E-state index in [2.05, 4.69) is 17.2 Å². The summed E-state index contributed by atoms with van der Waals surface area (Å²) in [6.07, 6.45) is -0.202. The van der Waals surface area contributed by atoms with Crippen molar-refractivity contribution in [2.75, 3.05) is 19.7 Å². The van der Waals surface area contributed by atoms with Gasteiger partial charge in [-0.05, 0) is 30.5 Å². The van der Waals surface area contributed by atoms with Crippen molar-refractivity contribution in [3.8, 4) is 0 Å². The van der Waals surface area contributed by atoms with Crippen LogP contribution >= 0.6 is 23.2 Å². The minimum absolute atomic E-state index is 0.202. The number of ether oxygens (including phenoxy) is 1. The molecule has 19 heavy (non-hydrogen) atoms. The second-order valence-corrected chi connectivity index (χ2v) is 5.54. The van der Waals surface area contributed by atoms with Crippen LogP contribution in [0.5, 0.6) is 0 Å². The van der Waals surface area contributed by atoms with Crippen molar-refractivity contribution >= 4 is 29.0 Å². The Morgan fingerprint density at radius 3 is 2.79 bits per heavy atom. The summed E-state index contributed by atoms with van der Waals surface area (Å²) in [5, 5.41) is 4.42. The van der Waals surface area contributed by atoms with Gasteiger partial charge in [0.05, 0.1) is 10.0 Å². The van der Waals surface area contributed by atoms with Crippen LogP contribution in [-0.2, 0) is 4.74 Å². The number of nitrogens with zero attached hydrogens (tertiary/aromatic N) is 1. The lowest BCUT2D eigenvalue weighted by Gasteiger charge is -2.26. The van der Waals surface area contributed by atoms with Crippen LogP contribution in [-0.4, -0.2) is 25.5 Å². The molecular weight excluding hydrogens is 283 g/mol. The summed E-state index contributed by atoms with van der Waals surface area (Å²) in [6, 6.07) is 5.56. The molecule has 1 aromatic carbocycles. The molecule has 0 bridgehead atoms. The molecule has 2 atom stereocenters. The van der Waals surface area contributed by atoms with Gasteiger partial charge in [0.25, 0.3) is 0 Å². The van der Waals surface area contributed by atoms with Crippen molar-refractivity contribution in [1.29, 1.82) is 0 Å². The zero-order valence-electron chi connectivity index (χ0n) is 11.1. The monoisotopic (exact) mass is 300 g/mol. The van der Waals surface area contributed by atoms with E-state index in [1.165, 1.54) is 0 Å². The van der Waals surface area contributed by atoms with Gasteiger partial charge >= 0.3 is 0 Å². The fraction of sp³-hybridized carbons (Fsp3) is 0.500. The summed E-state index contributed by atoms with van der Waals surface area (Å²) < 4.78 is 5.80. The van der Waals surface area contributed by atoms with Crippen LogP contribution in [0.1, 0.15) is 25.5 Å². The highest BCUT2D eigenvalue weighted by atomic mass is 35.5. The predicted molar refractivity (Wildman–Crippen MR) is 80.3 cm³/mol. The Hall–Kier alpha value is -0.770. The molecule has 0 aromatic heterocycles. The minimum Gasteiger partial charge on any atom is -0.371 e. The molecule has 5 heteroatoms. The van der Waals surface area contributed by atoms with Gasteiger partial charge in [0.1, 0.15) is 11.9 Å². The zero-order chi connectivity index (χ0) is 13.8. The summed E-state index contributed by atoms with van der Waals surface area (Å²) in [7, 11) is 0. The van der Waals surface area contributed by atoms with Gasteiger partial charge in [-0.15, -0.1) is 0 Å². The third-order valence-electron chi connectivity index (χ3n) is 3.03. The number of rotatable bonds is 4. The van der Waals surface area contributed by atoms with E-state index in [1.807, 2.05) is 19.1 Å². The van der Waals surface area contributed by atoms with Crippen LogP contribution in [0.25, 0.3) is 0 Å². The fourth-order valence-electron chi connectivity index (χ4n) is 2.00. The molecule has 1 N–H and O–H groups in total. The molecule has 104 valence electrons. The molecule has 0 radical (unpaired) electrons. The molecule has 0 spiro atoms. The standard InChI is InChI=1S/C14H18Cl2N2O/c1-3-19-13(14-17-7-9(2)8-18-14)10-4-5-11(15)12(16)6-10/h4-6,9,13H,3,7-8H2,1-2H3,(H,17,18)/t13-/m0/s1. The Morgan fingerprint density at radius 1 is 1.42 bits per heavy atom. The molecule has 3 nitrogen and oxygen atoms in total. The summed E-state index contributed by atoms with van der Waals surface area (Å²) in [6.45, 7) is 6.50. The molecule has 0 unspecified atom stereocenters. The fourth-order valence-corrected chi connectivity index (χ4v) is 2.31. The quantitative estimate of drug-likeness (QED) is 0.920. The maximum atomic E-state index is 6.07. The highest BCUT2D eigenvalue weighted by Crippen LogP contribution is 2.28. The van der Waals surface area contributed by atoms with E-state index in [4.69, 9.17) is 27.9 Å². The average molecular weight is 301 g/mol. The Kier molecular flexibility index (Phi) is 5.08. The first-order valence-corrected chi connectivity index (χ1v) is 7.22. The van der Waals surface area contributed by atoms with E-state index < -0.39 is 0 Å². The molecule has 1 heterocycles. The van der Waals surface area contributed by atoms with Crippen LogP contribution < -0.4 is 5.32 Å². The molecule has 0 saturated heterocycles. The van der Waals surface area contributed by atoms with E-state index >= 15 is 0 Å². The highest BCUT2D eigenvalue weighted by molar-refractivity contribution is 6.42.